The second-order valence-electron chi connectivity index (χ2n) is 10.0. The van der Waals surface area contributed by atoms with Gasteiger partial charge >= 0.3 is 6.01 Å². The van der Waals surface area contributed by atoms with E-state index in [1.807, 2.05) is 6.07 Å². The first-order valence-corrected chi connectivity index (χ1v) is 14.1. The van der Waals surface area contributed by atoms with Gasteiger partial charge in [-0.3, -0.25) is 0 Å². The van der Waals surface area contributed by atoms with Crippen molar-refractivity contribution < 1.29 is 18.3 Å². The SMILES string of the molecule is Fc1cc(Cl)ccc1COc1ncc(F)c(C2=CCC(Cc3nc4cc(Br)ccc4n3C[C@@H]3CCO3)CC2)n1. The molecule has 1 fully saturated rings. The Balaban J connectivity index is 1.16. The van der Waals surface area contributed by atoms with Crippen LogP contribution in [0.2, 0.25) is 5.02 Å². The van der Waals surface area contributed by atoms with Crippen LogP contribution in [-0.4, -0.2) is 32.2 Å². The number of benzene rings is 2. The zero-order valence-electron chi connectivity index (χ0n) is 21.0. The molecule has 39 heavy (non-hydrogen) atoms. The topological polar surface area (TPSA) is 62.1 Å². The zero-order chi connectivity index (χ0) is 26.9. The lowest BCUT2D eigenvalue weighted by Crippen LogP contribution is -2.32. The van der Waals surface area contributed by atoms with Crippen LogP contribution in [0.5, 0.6) is 6.01 Å². The van der Waals surface area contributed by atoms with E-state index in [4.69, 9.17) is 26.1 Å². The van der Waals surface area contributed by atoms with Crippen LogP contribution >= 0.6 is 27.5 Å². The summed E-state index contributed by atoms with van der Waals surface area (Å²) in [6.07, 6.45) is 7.64. The third-order valence-electron chi connectivity index (χ3n) is 7.36. The van der Waals surface area contributed by atoms with Crippen LogP contribution in [0.15, 0.2) is 53.1 Å². The van der Waals surface area contributed by atoms with Crippen molar-refractivity contribution in [2.75, 3.05) is 6.61 Å². The van der Waals surface area contributed by atoms with Gasteiger partial charge in [0.15, 0.2) is 5.82 Å². The van der Waals surface area contributed by atoms with E-state index in [1.54, 1.807) is 6.07 Å². The standard InChI is InChI=1S/C29H26BrClF2N4O2/c30-20-6-8-26-25(12-20)35-27(37(26)15-22-9-10-38-22)11-17-1-3-18(4-2-17)28-24(33)14-34-29(36-28)39-16-19-5-7-21(31)13-23(19)32/h3,5-8,12-14,17,22H,1-2,4,9-11,15-16H2/t17?,22-/m0/s1. The van der Waals surface area contributed by atoms with E-state index in [-0.39, 0.29) is 24.4 Å². The Labute approximate surface area is 238 Å². The number of halogens is 4. The molecule has 6 rings (SSSR count). The maximum atomic E-state index is 14.7. The minimum atomic E-state index is -0.502. The fourth-order valence-corrected chi connectivity index (χ4v) is 5.63. The van der Waals surface area contributed by atoms with E-state index in [0.717, 1.165) is 71.9 Å². The fraction of sp³-hybridized carbons (Fsp3) is 0.345. The Morgan fingerprint density at radius 2 is 1.97 bits per heavy atom. The van der Waals surface area contributed by atoms with E-state index in [2.05, 4.69) is 48.7 Å². The second-order valence-corrected chi connectivity index (χ2v) is 11.4. The summed E-state index contributed by atoms with van der Waals surface area (Å²) in [5.41, 5.74) is 3.46. The summed E-state index contributed by atoms with van der Waals surface area (Å²) in [6.45, 7) is 1.54. The maximum Gasteiger partial charge on any atom is 0.317 e. The van der Waals surface area contributed by atoms with Gasteiger partial charge in [0.05, 0.1) is 29.9 Å². The number of imidazole rings is 1. The minimum Gasteiger partial charge on any atom is -0.458 e. The van der Waals surface area contributed by atoms with Crippen molar-refractivity contribution >= 4 is 44.1 Å². The smallest absolute Gasteiger partial charge is 0.317 e. The summed E-state index contributed by atoms with van der Waals surface area (Å²) < 4.78 is 43.4. The predicted molar refractivity (Wildman–Crippen MR) is 149 cm³/mol. The molecule has 2 aromatic heterocycles. The summed E-state index contributed by atoms with van der Waals surface area (Å²) >= 11 is 9.36. The summed E-state index contributed by atoms with van der Waals surface area (Å²) in [5.74, 6) is 0.451. The van der Waals surface area contributed by atoms with Crippen molar-refractivity contribution in [3.05, 3.63) is 86.9 Å². The van der Waals surface area contributed by atoms with Crippen molar-refractivity contribution in [2.24, 2.45) is 5.92 Å². The molecule has 0 amide bonds. The van der Waals surface area contributed by atoms with E-state index in [9.17, 15) is 8.78 Å². The molecule has 4 aromatic rings. The van der Waals surface area contributed by atoms with Gasteiger partial charge in [0, 0.05) is 28.1 Å². The van der Waals surface area contributed by atoms with Gasteiger partial charge in [-0.1, -0.05) is 39.7 Å². The Kier molecular flexibility index (Phi) is 7.64. The third-order valence-corrected chi connectivity index (χ3v) is 8.09. The average molecular weight is 616 g/mol. The molecular formula is C29H26BrClF2N4O2. The molecule has 2 aromatic carbocycles. The normalized spacial score (nSPS) is 19.1. The highest BCUT2D eigenvalue weighted by atomic mass is 79.9. The van der Waals surface area contributed by atoms with Crippen LogP contribution in [0.4, 0.5) is 8.78 Å². The second kappa shape index (κ2) is 11.3. The first-order chi connectivity index (χ1) is 18.9. The number of ether oxygens (including phenoxy) is 2. The quantitative estimate of drug-likeness (QED) is 0.208. The molecule has 6 nitrogen and oxygen atoms in total. The number of aromatic nitrogens is 4. The third kappa shape index (κ3) is 5.85. The van der Waals surface area contributed by atoms with E-state index in [1.165, 1.54) is 12.1 Å². The van der Waals surface area contributed by atoms with Gasteiger partial charge in [0.1, 0.15) is 23.9 Å². The minimum absolute atomic E-state index is 0.00173. The Hall–Kier alpha value is -2.88. The lowest BCUT2D eigenvalue weighted by Gasteiger charge is -2.28. The van der Waals surface area contributed by atoms with Crippen molar-refractivity contribution in [1.82, 2.24) is 19.5 Å². The van der Waals surface area contributed by atoms with Crippen molar-refractivity contribution in [3.63, 3.8) is 0 Å². The van der Waals surface area contributed by atoms with Gasteiger partial charge in [-0.2, -0.15) is 4.98 Å². The van der Waals surface area contributed by atoms with Gasteiger partial charge in [-0.05, 0) is 67.5 Å². The Morgan fingerprint density at radius 3 is 2.72 bits per heavy atom. The van der Waals surface area contributed by atoms with Crippen LogP contribution in [0.25, 0.3) is 16.6 Å². The van der Waals surface area contributed by atoms with Gasteiger partial charge in [0.25, 0.3) is 0 Å². The molecule has 3 heterocycles. The first kappa shape index (κ1) is 26.3. The summed E-state index contributed by atoms with van der Waals surface area (Å²) in [4.78, 5) is 13.2. The number of fused-ring (bicyclic) bond motifs is 1. The summed E-state index contributed by atoms with van der Waals surface area (Å²) in [6, 6.07) is 10.5. The molecule has 0 spiro atoms. The molecule has 2 aliphatic rings. The van der Waals surface area contributed by atoms with Crippen molar-refractivity contribution in [1.29, 1.82) is 0 Å². The molecule has 1 aliphatic carbocycles. The van der Waals surface area contributed by atoms with Crippen LogP contribution in [-0.2, 0) is 24.3 Å². The number of rotatable bonds is 8. The highest BCUT2D eigenvalue weighted by Gasteiger charge is 2.25. The predicted octanol–water partition coefficient (Wildman–Crippen LogP) is 7.31. The van der Waals surface area contributed by atoms with E-state index in [0.29, 0.717) is 22.9 Å². The Morgan fingerprint density at radius 1 is 1.10 bits per heavy atom. The molecule has 0 radical (unpaired) electrons. The van der Waals surface area contributed by atoms with Crippen molar-refractivity contribution in [3.8, 4) is 6.01 Å². The molecule has 0 N–H and O–H groups in total. The summed E-state index contributed by atoms with van der Waals surface area (Å²) in [5, 5.41) is 0.303. The van der Waals surface area contributed by atoms with Crippen molar-refractivity contribution in [2.45, 2.75) is 51.4 Å². The first-order valence-electron chi connectivity index (χ1n) is 13.0. The van der Waals surface area contributed by atoms with Gasteiger partial charge in [-0.25, -0.2) is 18.7 Å². The van der Waals surface area contributed by atoms with Crippen LogP contribution in [0.1, 0.15) is 42.8 Å². The lowest BCUT2D eigenvalue weighted by atomic mass is 9.86. The highest BCUT2D eigenvalue weighted by Crippen LogP contribution is 2.34. The molecule has 1 aliphatic heterocycles. The van der Waals surface area contributed by atoms with Crippen LogP contribution in [0.3, 0.4) is 0 Å². The molecule has 1 saturated heterocycles. The Bertz CT molecular complexity index is 1560. The summed E-state index contributed by atoms with van der Waals surface area (Å²) in [7, 11) is 0. The van der Waals surface area contributed by atoms with Gasteiger partial charge < -0.3 is 14.0 Å². The molecule has 202 valence electrons. The van der Waals surface area contributed by atoms with E-state index >= 15 is 0 Å². The number of hydrogen-bond donors (Lipinski definition) is 0. The number of hydrogen-bond acceptors (Lipinski definition) is 5. The monoisotopic (exact) mass is 614 g/mol. The molecule has 10 heteroatoms. The largest absolute Gasteiger partial charge is 0.458 e. The van der Waals surface area contributed by atoms with Crippen LogP contribution in [0, 0.1) is 17.6 Å². The van der Waals surface area contributed by atoms with Crippen LogP contribution < -0.4 is 4.74 Å². The fourth-order valence-electron chi connectivity index (χ4n) is 5.12. The molecule has 2 atom stereocenters. The average Bonchev–Trinajstić information content (AvgIpc) is 3.22. The molecule has 0 saturated carbocycles. The highest BCUT2D eigenvalue weighted by molar-refractivity contribution is 9.10. The lowest BCUT2D eigenvalue weighted by molar-refractivity contribution is -0.0590. The van der Waals surface area contributed by atoms with E-state index < -0.39 is 11.6 Å². The maximum absolute atomic E-state index is 14.7. The molecular weight excluding hydrogens is 590 g/mol. The zero-order valence-corrected chi connectivity index (χ0v) is 23.4. The van der Waals surface area contributed by atoms with Gasteiger partial charge in [-0.15, -0.1) is 0 Å². The van der Waals surface area contributed by atoms with Gasteiger partial charge in [0.2, 0.25) is 0 Å². The molecule has 0 bridgehead atoms. The number of nitrogens with zero attached hydrogens (tertiary/aromatic N) is 4. The number of allylic oxidation sites excluding steroid dienone is 2. The molecule has 1 unspecified atom stereocenters.